The zero-order chi connectivity index (χ0) is 12.3. The van der Waals surface area contributed by atoms with Gasteiger partial charge in [-0.15, -0.1) is 0 Å². The van der Waals surface area contributed by atoms with Gasteiger partial charge in [0.1, 0.15) is 0 Å². The van der Waals surface area contributed by atoms with Gasteiger partial charge in [0.15, 0.2) is 0 Å². The second-order valence-corrected chi connectivity index (χ2v) is 4.89. The Hall–Kier alpha value is -1.13. The molecule has 94 valence electrons. The number of hydrogen-bond donors (Lipinski definition) is 1. The fourth-order valence-corrected chi connectivity index (χ4v) is 2.50. The summed E-state index contributed by atoms with van der Waals surface area (Å²) in [6, 6.07) is 2.73. The predicted molar refractivity (Wildman–Crippen MR) is 71.1 cm³/mol. The van der Waals surface area contributed by atoms with Crippen molar-refractivity contribution in [1.82, 2.24) is 9.88 Å². The van der Waals surface area contributed by atoms with Crippen molar-refractivity contribution in [2.75, 3.05) is 32.1 Å². The van der Waals surface area contributed by atoms with Gasteiger partial charge in [-0.3, -0.25) is 4.98 Å². The van der Waals surface area contributed by atoms with Crippen LogP contribution in [0.5, 0.6) is 0 Å². The third-order valence-corrected chi connectivity index (χ3v) is 3.64. The SMILES string of the molecule is CN(C)C1CCN(c2cnccc2CN)CC1. The number of rotatable bonds is 3. The van der Waals surface area contributed by atoms with E-state index in [0.29, 0.717) is 12.6 Å². The third kappa shape index (κ3) is 2.76. The van der Waals surface area contributed by atoms with Crippen LogP contribution in [0.1, 0.15) is 18.4 Å². The van der Waals surface area contributed by atoms with E-state index >= 15 is 0 Å². The van der Waals surface area contributed by atoms with Gasteiger partial charge in [-0.2, -0.15) is 0 Å². The van der Waals surface area contributed by atoms with Crippen LogP contribution in [0.4, 0.5) is 5.69 Å². The van der Waals surface area contributed by atoms with Gasteiger partial charge in [0.05, 0.1) is 11.9 Å². The fraction of sp³-hybridized carbons (Fsp3) is 0.615. The highest BCUT2D eigenvalue weighted by molar-refractivity contribution is 5.51. The Morgan fingerprint density at radius 3 is 2.71 bits per heavy atom. The number of piperidine rings is 1. The molecule has 0 aromatic carbocycles. The Morgan fingerprint density at radius 2 is 2.12 bits per heavy atom. The van der Waals surface area contributed by atoms with Gasteiger partial charge in [0.2, 0.25) is 0 Å². The van der Waals surface area contributed by atoms with E-state index in [1.54, 1.807) is 0 Å². The first-order chi connectivity index (χ1) is 8.22. The molecule has 1 aliphatic rings. The second kappa shape index (κ2) is 5.47. The minimum absolute atomic E-state index is 0.589. The normalized spacial score (nSPS) is 17.8. The van der Waals surface area contributed by atoms with Crippen molar-refractivity contribution in [1.29, 1.82) is 0 Å². The lowest BCUT2D eigenvalue weighted by Gasteiger charge is -2.37. The molecule has 1 aromatic heterocycles. The van der Waals surface area contributed by atoms with Crippen LogP contribution in [0.15, 0.2) is 18.5 Å². The van der Waals surface area contributed by atoms with Crippen LogP contribution in [-0.2, 0) is 6.54 Å². The first-order valence-corrected chi connectivity index (χ1v) is 6.26. The number of nitrogens with zero attached hydrogens (tertiary/aromatic N) is 3. The molecular weight excluding hydrogens is 212 g/mol. The molecule has 2 rings (SSSR count). The first kappa shape index (κ1) is 12.3. The van der Waals surface area contributed by atoms with Crippen LogP contribution < -0.4 is 10.6 Å². The molecule has 0 atom stereocenters. The highest BCUT2D eigenvalue weighted by Gasteiger charge is 2.21. The third-order valence-electron chi connectivity index (χ3n) is 3.64. The van der Waals surface area contributed by atoms with E-state index in [0.717, 1.165) is 13.1 Å². The van der Waals surface area contributed by atoms with E-state index in [1.165, 1.54) is 24.1 Å². The Balaban J connectivity index is 2.05. The van der Waals surface area contributed by atoms with Crippen LogP contribution in [0.2, 0.25) is 0 Å². The molecule has 0 bridgehead atoms. The maximum absolute atomic E-state index is 5.77. The van der Waals surface area contributed by atoms with Gasteiger partial charge in [0.25, 0.3) is 0 Å². The smallest absolute Gasteiger partial charge is 0.0598 e. The Kier molecular flexibility index (Phi) is 3.97. The second-order valence-electron chi connectivity index (χ2n) is 4.89. The van der Waals surface area contributed by atoms with Crippen LogP contribution in [0, 0.1) is 0 Å². The van der Waals surface area contributed by atoms with Crippen LogP contribution in [0.3, 0.4) is 0 Å². The molecule has 1 fully saturated rings. The van der Waals surface area contributed by atoms with E-state index in [4.69, 9.17) is 5.73 Å². The van der Waals surface area contributed by atoms with Crippen molar-refractivity contribution < 1.29 is 0 Å². The van der Waals surface area contributed by atoms with Crippen molar-refractivity contribution in [3.8, 4) is 0 Å². The Bertz CT molecular complexity index is 356. The summed E-state index contributed by atoms with van der Waals surface area (Å²) in [5.41, 5.74) is 8.18. The molecule has 0 aliphatic carbocycles. The van der Waals surface area contributed by atoms with E-state index in [-0.39, 0.29) is 0 Å². The average molecular weight is 234 g/mol. The van der Waals surface area contributed by atoms with Crippen molar-refractivity contribution in [2.24, 2.45) is 5.73 Å². The molecule has 1 aromatic rings. The monoisotopic (exact) mass is 234 g/mol. The summed E-state index contributed by atoms with van der Waals surface area (Å²) in [6.07, 6.45) is 6.19. The Labute approximate surface area is 103 Å². The van der Waals surface area contributed by atoms with Crippen molar-refractivity contribution >= 4 is 5.69 Å². The Morgan fingerprint density at radius 1 is 1.41 bits per heavy atom. The molecule has 0 amide bonds. The summed E-state index contributed by atoms with van der Waals surface area (Å²) in [7, 11) is 4.32. The standard InChI is InChI=1S/C13H22N4/c1-16(2)12-4-7-17(8-5-12)13-10-15-6-3-11(13)9-14/h3,6,10,12H,4-5,7-9,14H2,1-2H3. The molecule has 0 radical (unpaired) electrons. The van der Waals surface area contributed by atoms with Gasteiger partial charge < -0.3 is 15.5 Å². The van der Waals surface area contributed by atoms with E-state index in [9.17, 15) is 0 Å². The molecule has 1 aliphatic heterocycles. The van der Waals surface area contributed by atoms with E-state index in [2.05, 4.69) is 28.9 Å². The van der Waals surface area contributed by atoms with Crippen LogP contribution in [0.25, 0.3) is 0 Å². The zero-order valence-electron chi connectivity index (χ0n) is 10.8. The fourth-order valence-electron chi connectivity index (χ4n) is 2.50. The summed E-state index contributed by atoms with van der Waals surface area (Å²) in [5, 5.41) is 0. The molecule has 2 heterocycles. The lowest BCUT2D eigenvalue weighted by Crippen LogP contribution is -2.42. The van der Waals surface area contributed by atoms with Gasteiger partial charge in [-0.25, -0.2) is 0 Å². The van der Waals surface area contributed by atoms with Crippen LogP contribution >= 0.6 is 0 Å². The molecule has 0 saturated carbocycles. The number of anilines is 1. The summed E-state index contributed by atoms with van der Waals surface area (Å²) < 4.78 is 0. The average Bonchev–Trinajstić information content (AvgIpc) is 2.39. The summed E-state index contributed by atoms with van der Waals surface area (Å²) in [5.74, 6) is 0. The minimum atomic E-state index is 0.589. The molecule has 17 heavy (non-hydrogen) atoms. The molecule has 1 saturated heterocycles. The highest BCUT2D eigenvalue weighted by atomic mass is 15.2. The summed E-state index contributed by atoms with van der Waals surface area (Å²) >= 11 is 0. The quantitative estimate of drug-likeness (QED) is 0.850. The topological polar surface area (TPSA) is 45.4 Å². The van der Waals surface area contributed by atoms with E-state index in [1.807, 2.05) is 18.5 Å². The maximum atomic E-state index is 5.77. The molecule has 0 unspecified atom stereocenters. The summed E-state index contributed by atoms with van der Waals surface area (Å²) in [4.78, 5) is 8.95. The van der Waals surface area contributed by atoms with Gasteiger partial charge in [0, 0.05) is 31.9 Å². The lowest BCUT2D eigenvalue weighted by atomic mass is 10.0. The highest BCUT2D eigenvalue weighted by Crippen LogP contribution is 2.24. The van der Waals surface area contributed by atoms with Gasteiger partial charge >= 0.3 is 0 Å². The lowest BCUT2D eigenvalue weighted by molar-refractivity contribution is 0.249. The van der Waals surface area contributed by atoms with Crippen molar-refractivity contribution in [3.63, 3.8) is 0 Å². The zero-order valence-corrected chi connectivity index (χ0v) is 10.8. The largest absolute Gasteiger partial charge is 0.370 e. The minimum Gasteiger partial charge on any atom is -0.370 e. The molecule has 2 N–H and O–H groups in total. The number of aromatic nitrogens is 1. The number of nitrogens with two attached hydrogens (primary N) is 1. The molecule has 0 spiro atoms. The van der Waals surface area contributed by atoms with Crippen molar-refractivity contribution in [2.45, 2.75) is 25.4 Å². The van der Waals surface area contributed by atoms with Gasteiger partial charge in [-0.05, 0) is 38.6 Å². The van der Waals surface area contributed by atoms with Gasteiger partial charge in [-0.1, -0.05) is 0 Å². The molecule has 4 heteroatoms. The summed E-state index contributed by atoms with van der Waals surface area (Å²) in [6.45, 7) is 2.79. The first-order valence-electron chi connectivity index (χ1n) is 6.26. The number of hydrogen-bond acceptors (Lipinski definition) is 4. The number of pyridine rings is 1. The molecule has 4 nitrogen and oxygen atoms in total. The predicted octanol–water partition coefficient (Wildman–Crippen LogP) is 1.07. The van der Waals surface area contributed by atoms with Crippen LogP contribution in [-0.4, -0.2) is 43.1 Å². The van der Waals surface area contributed by atoms with Crippen molar-refractivity contribution in [3.05, 3.63) is 24.0 Å². The maximum Gasteiger partial charge on any atom is 0.0598 e. The van der Waals surface area contributed by atoms with E-state index < -0.39 is 0 Å². The molecular formula is C13H22N4.